The van der Waals surface area contributed by atoms with Crippen LogP contribution in [-0.2, 0) is 10.1 Å². The smallest absolute Gasteiger partial charge is 1.00 e. The average molecular weight is 294 g/mol. The Kier molecular flexibility index (Phi) is 4.19. The van der Waals surface area contributed by atoms with E-state index in [2.05, 4.69) is 0 Å². The van der Waals surface area contributed by atoms with Gasteiger partial charge >= 0.3 is 18.9 Å². The van der Waals surface area contributed by atoms with Crippen LogP contribution in [0.15, 0.2) is 58.6 Å². The summed E-state index contributed by atoms with van der Waals surface area (Å²) in [6.45, 7) is 3.99. The first-order chi connectivity index (χ1) is 9.38. The van der Waals surface area contributed by atoms with E-state index in [-0.39, 0.29) is 25.2 Å². The minimum absolute atomic E-state index is 0. The van der Waals surface area contributed by atoms with Crippen molar-refractivity contribution in [2.24, 2.45) is 0 Å². The summed E-state index contributed by atoms with van der Waals surface area (Å²) in [5.41, 5.74) is 5.45. The summed E-state index contributed by atoms with van der Waals surface area (Å²) < 4.78 is 32.4. The van der Waals surface area contributed by atoms with E-state index in [1.54, 1.807) is 18.2 Å². The van der Waals surface area contributed by atoms with Crippen molar-refractivity contribution in [3.63, 3.8) is 0 Å². The first-order valence-electron chi connectivity index (χ1n) is 6.28. The zero-order chi connectivity index (χ0) is 14.5. The normalized spacial score (nSPS) is 16.5. The van der Waals surface area contributed by atoms with Gasteiger partial charge in [-0.05, 0) is 42.2 Å². The van der Waals surface area contributed by atoms with Crippen LogP contribution < -0.4 is 18.9 Å². The van der Waals surface area contributed by atoms with Crippen LogP contribution >= 0.6 is 0 Å². The Morgan fingerprint density at radius 3 is 2.52 bits per heavy atom. The van der Waals surface area contributed by atoms with E-state index in [9.17, 15) is 13.0 Å². The third-order valence-electron chi connectivity index (χ3n) is 3.61. The standard InChI is InChI=1S/C16H14O3S.Li.H/c1-10-6-7-11(2)14(8-10)15-9-16(20(17,18)19)13-5-3-4-12(13)15;;/h3-9H,1-2H3,(H,17,18,19);;/q;+1;-1. The molecule has 3 rings (SSSR count). The molecule has 0 unspecified atom stereocenters. The first kappa shape index (κ1) is 16.1. The summed E-state index contributed by atoms with van der Waals surface area (Å²) in [5, 5.41) is 0. The van der Waals surface area contributed by atoms with Crippen molar-refractivity contribution < 1.29 is 33.3 Å². The largest absolute Gasteiger partial charge is 1.00 e. The van der Waals surface area contributed by atoms with E-state index in [4.69, 9.17) is 0 Å². The van der Waals surface area contributed by atoms with Gasteiger partial charge in [-0.15, -0.1) is 0 Å². The molecule has 1 aromatic carbocycles. The zero-order valence-electron chi connectivity index (χ0n) is 13.2. The third kappa shape index (κ3) is 2.73. The fourth-order valence-corrected chi connectivity index (χ4v) is 3.34. The molecule has 0 amide bonds. The molecule has 1 aromatic rings. The molecule has 2 aliphatic carbocycles. The number of hydrogen-bond donors (Lipinski definition) is 1. The van der Waals surface area contributed by atoms with Crippen LogP contribution in [0.25, 0.3) is 5.57 Å². The second-order valence-corrected chi connectivity index (χ2v) is 6.46. The van der Waals surface area contributed by atoms with E-state index in [1.165, 1.54) is 0 Å². The van der Waals surface area contributed by atoms with Crippen LogP contribution in [0.3, 0.4) is 0 Å². The third-order valence-corrected chi connectivity index (χ3v) is 4.50. The Bertz CT molecular complexity index is 846. The van der Waals surface area contributed by atoms with E-state index in [1.807, 2.05) is 38.1 Å². The summed E-state index contributed by atoms with van der Waals surface area (Å²) in [6, 6.07) is 6.07. The summed E-state index contributed by atoms with van der Waals surface area (Å²) in [5.74, 6) is 0. The fraction of sp³-hybridized carbons (Fsp3) is 0.125. The van der Waals surface area contributed by atoms with Gasteiger partial charge in [0.05, 0.1) is 0 Å². The predicted octanol–water partition coefficient (Wildman–Crippen LogP) is 0.455. The maximum atomic E-state index is 11.5. The molecule has 0 heterocycles. The number of benzene rings is 1. The molecule has 104 valence electrons. The zero-order valence-corrected chi connectivity index (χ0v) is 13.0. The molecule has 1 N–H and O–H groups in total. The van der Waals surface area contributed by atoms with Gasteiger partial charge in [0.1, 0.15) is 4.91 Å². The summed E-state index contributed by atoms with van der Waals surface area (Å²) in [7, 11) is -4.21. The molecule has 0 aliphatic heterocycles. The van der Waals surface area contributed by atoms with Crippen LogP contribution in [0.4, 0.5) is 0 Å². The number of allylic oxidation sites excluding steroid dienone is 7. The minimum atomic E-state index is -4.21. The summed E-state index contributed by atoms with van der Waals surface area (Å²) in [6.07, 6.45) is 6.95. The van der Waals surface area contributed by atoms with Gasteiger partial charge in [0.25, 0.3) is 10.1 Å². The van der Waals surface area contributed by atoms with Gasteiger partial charge in [0.15, 0.2) is 0 Å². The summed E-state index contributed by atoms with van der Waals surface area (Å²) in [4.78, 5) is -0.0200. The predicted molar refractivity (Wildman–Crippen MR) is 80.8 cm³/mol. The van der Waals surface area contributed by atoms with Crippen molar-refractivity contribution in [2.75, 3.05) is 0 Å². The first-order valence-corrected chi connectivity index (χ1v) is 7.72. The van der Waals surface area contributed by atoms with Crippen molar-refractivity contribution in [1.29, 1.82) is 0 Å². The van der Waals surface area contributed by atoms with E-state index >= 15 is 0 Å². The monoisotopic (exact) mass is 294 g/mol. The van der Waals surface area contributed by atoms with E-state index < -0.39 is 10.1 Å². The molecule has 0 aromatic heterocycles. The van der Waals surface area contributed by atoms with Gasteiger partial charge in [-0.1, -0.05) is 42.0 Å². The SMILES string of the molecule is Cc1ccc(C)c(C2=C3C=CC=C3C(S(=O)(=O)O)=C2)c1.[H-].[Li+]. The average Bonchev–Trinajstić information content (AvgIpc) is 2.92. The topological polar surface area (TPSA) is 54.4 Å². The molecule has 0 atom stereocenters. The van der Waals surface area contributed by atoms with Gasteiger partial charge in [-0.25, -0.2) is 0 Å². The van der Waals surface area contributed by atoms with Crippen LogP contribution in [0.1, 0.15) is 18.1 Å². The maximum absolute atomic E-state index is 11.5. The molecule has 0 spiro atoms. The molecule has 0 fully saturated rings. The van der Waals surface area contributed by atoms with Crippen molar-refractivity contribution in [3.05, 3.63) is 75.2 Å². The van der Waals surface area contributed by atoms with Crippen LogP contribution in [0.5, 0.6) is 0 Å². The molecule has 2 aliphatic rings. The van der Waals surface area contributed by atoms with Crippen molar-refractivity contribution in [2.45, 2.75) is 13.8 Å². The molecule has 0 bridgehead atoms. The Morgan fingerprint density at radius 2 is 1.86 bits per heavy atom. The van der Waals surface area contributed by atoms with Gasteiger partial charge in [-0.3, -0.25) is 4.55 Å². The van der Waals surface area contributed by atoms with Crippen LogP contribution in [0, 0.1) is 13.8 Å². The number of rotatable bonds is 2. The second kappa shape index (κ2) is 5.47. The van der Waals surface area contributed by atoms with E-state index in [0.717, 1.165) is 27.8 Å². The number of hydrogen-bond acceptors (Lipinski definition) is 2. The van der Waals surface area contributed by atoms with Crippen LogP contribution in [-0.4, -0.2) is 13.0 Å². The maximum Gasteiger partial charge on any atom is 1.00 e. The molecule has 0 saturated carbocycles. The van der Waals surface area contributed by atoms with E-state index in [0.29, 0.717) is 5.57 Å². The van der Waals surface area contributed by atoms with Gasteiger partial charge in [0, 0.05) is 5.57 Å². The van der Waals surface area contributed by atoms with Gasteiger partial charge < -0.3 is 1.43 Å². The summed E-state index contributed by atoms with van der Waals surface area (Å²) >= 11 is 0. The molecule has 0 radical (unpaired) electrons. The Balaban J connectivity index is 0.00000121. The Labute approximate surface area is 138 Å². The van der Waals surface area contributed by atoms with Crippen molar-refractivity contribution in [1.82, 2.24) is 0 Å². The number of aryl methyl sites for hydroxylation is 2. The van der Waals surface area contributed by atoms with Crippen molar-refractivity contribution >= 4 is 15.7 Å². The molecular formula is C16H15LiO3S. The van der Waals surface area contributed by atoms with Gasteiger partial charge in [-0.2, -0.15) is 8.42 Å². The number of fused-ring (bicyclic) bond motifs is 1. The molecule has 3 nitrogen and oxygen atoms in total. The fourth-order valence-electron chi connectivity index (χ4n) is 2.62. The second-order valence-electron chi connectivity index (χ2n) is 5.07. The Morgan fingerprint density at radius 1 is 1.14 bits per heavy atom. The van der Waals surface area contributed by atoms with Gasteiger partial charge in [0.2, 0.25) is 0 Å². The molecule has 21 heavy (non-hydrogen) atoms. The van der Waals surface area contributed by atoms with Crippen molar-refractivity contribution in [3.8, 4) is 0 Å². The molecule has 0 saturated heterocycles. The Hall–Kier alpha value is -1.31. The quantitative estimate of drug-likeness (QED) is 0.637. The minimum Gasteiger partial charge on any atom is -1.00 e. The molecule has 5 heteroatoms. The van der Waals surface area contributed by atoms with Crippen LogP contribution in [0.2, 0.25) is 0 Å². The molecular weight excluding hydrogens is 279 g/mol.